The first-order valence-corrected chi connectivity index (χ1v) is 8.36. The predicted molar refractivity (Wildman–Crippen MR) is 89.2 cm³/mol. The van der Waals surface area contributed by atoms with Gasteiger partial charge in [-0.05, 0) is 67.1 Å². The number of fused-ring (bicyclic) bond motifs is 3. The number of ether oxygens (including phenoxy) is 1. The van der Waals surface area contributed by atoms with Crippen LogP contribution >= 0.6 is 0 Å². The van der Waals surface area contributed by atoms with Gasteiger partial charge in [-0.15, -0.1) is 0 Å². The van der Waals surface area contributed by atoms with E-state index in [1.165, 1.54) is 31.2 Å². The average Bonchev–Trinajstić information content (AvgIpc) is 2.45. The molecule has 0 saturated carbocycles. The van der Waals surface area contributed by atoms with E-state index in [9.17, 15) is 0 Å². The summed E-state index contributed by atoms with van der Waals surface area (Å²) >= 11 is 0. The predicted octanol–water partition coefficient (Wildman–Crippen LogP) is 5.38. The molecule has 3 rings (SSSR count). The van der Waals surface area contributed by atoms with E-state index in [0.717, 1.165) is 11.7 Å². The highest BCUT2D eigenvalue weighted by atomic mass is 16.5. The second-order valence-corrected chi connectivity index (χ2v) is 7.36. The van der Waals surface area contributed by atoms with Gasteiger partial charge in [0.25, 0.3) is 0 Å². The number of hydrogen-bond donors (Lipinski definition) is 0. The first-order chi connectivity index (χ1) is 9.99. The molecule has 1 aromatic rings. The summed E-state index contributed by atoms with van der Waals surface area (Å²) in [5.41, 5.74) is 6.55. The topological polar surface area (TPSA) is 9.23 Å². The van der Waals surface area contributed by atoms with Gasteiger partial charge in [-0.25, -0.2) is 0 Å². The van der Waals surface area contributed by atoms with Crippen LogP contribution in [0.15, 0.2) is 23.8 Å². The fraction of sp³-hybridized carbons (Fsp3) is 0.600. The lowest BCUT2D eigenvalue weighted by Gasteiger charge is -2.47. The summed E-state index contributed by atoms with van der Waals surface area (Å²) < 4.78 is 5.65. The third-order valence-corrected chi connectivity index (χ3v) is 5.86. The molecule has 1 aromatic carbocycles. The Morgan fingerprint density at radius 3 is 2.71 bits per heavy atom. The van der Waals surface area contributed by atoms with Crippen molar-refractivity contribution in [1.29, 1.82) is 0 Å². The van der Waals surface area contributed by atoms with Gasteiger partial charge in [-0.3, -0.25) is 0 Å². The fourth-order valence-corrected chi connectivity index (χ4v) is 4.83. The van der Waals surface area contributed by atoms with Crippen LogP contribution in [0.5, 0.6) is 5.75 Å². The van der Waals surface area contributed by atoms with Crippen molar-refractivity contribution in [3.05, 3.63) is 40.5 Å². The number of benzene rings is 1. The van der Waals surface area contributed by atoms with Crippen LogP contribution < -0.4 is 4.74 Å². The van der Waals surface area contributed by atoms with Crippen molar-refractivity contribution < 1.29 is 4.74 Å². The van der Waals surface area contributed by atoms with Gasteiger partial charge in [-0.2, -0.15) is 0 Å². The maximum Gasteiger partial charge on any atom is 0.122 e. The van der Waals surface area contributed by atoms with Crippen molar-refractivity contribution in [3.8, 4) is 5.75 Å². The Balaban J connectivity index is 2.19. The van der Waals surface area contributed by atoms with Gasteiger partial charge in [0.2, 0.25) is 0 Å². The molecule has 0 bridgehead atoms. The molecule has 0 radical (unpaired) electrons. The van der Waals surface area contributed by atoms with Crippen LogP contribution in [0.3, 0.4) is 0 Å². The Morgan fingerprint density at radius 1 is 1.29 bits per heavy atom. The molecule has 114 valence electrons. The average molecular weight is 284 g/mol. The normalized spacial score (nSPS) is 27.9. The number of methoxy groups -OCH3 is 1. The van der Waals surface area contributed by atoms with Crippen LogP contribution in [0.2, 0.25) is 0 Å². The van der Waals surface area contributed by atoms with Gasteiger partial charge >= 0.3 is 0 Å². The molecule has 2 atom stereocenters. The molecule has 0 N–H and O–H groups in total. The lowest BCUT2D eigenvalue weighted by atomic mass is 9.57. The van der Waals surface area contributed by atoms with Crippen LogP contribution in [0.25, 0.3) is 0 Å². The minimum Gasteiger partial charge on any atom is -0.496 e. The standard InChI is InChI=1S/C20H28O/c1-13(2)19-15-8-9-16-14(3)7-6-12-20(16,4)17(15)10-11-18(19)21-5/h7,10-11,13,16H,6,8-9,12H2,1-5H3/t16-,20-/m0/s1. The van der Waals surface area contributed by atoms with E-state index in [4.69, 9.17) is 4.74 Å². The van der Waals surface area contributed by atoms with Crippen molar-refractivity contribution in [2.45, 2.75) is 64.7 Å². The third kappa shape index (κ3) is 2.13. The second kappa shape index (κ2) is 5.19. The molecule has 0 amide bonds. The zero-order chi connectivity index (χ0) is 15.2. The summed E-state index contributed by atoms with van der Waals surface area (Å²) in [5.74, 6) is 2.33. The van der Waals surface area contributed by atoms with Gasteiger partial charge in [0.05, 0.1) is 7.11 Å². The van der Waals surface area contributed by atoms with Crippen LogP contribution in [0, 0.1) is 5.92 Å². The van der Waals surface area contributed by atoms with E-state index in [0.29, 0.717) is 11.3 Å². The molecule has 0 fully saturated rings. The molecule has 0 unspecified atom stereocenters. The van der Waals surface area contributed by atoms with Gasteiger partial charge < -0.3 is 4.74 Å². The molecular weight excluding hydrogens is 256 g/mol. The largest absolute Gasteiger partial charge is 0.496 e. The zero-order valence-corrected chi connectivity index (χ0v) is 14.1. The monoisotopic (exact) mass is 284 g/mol. The Labute approximate surface area is 129 Å². The summed E-state index contributed by atoms with van der Waals surface area (Å²) in [6.45, 7) is 9.40. The lowest BCUT2D eigenvalue weighted by Crippen LogP contribution is -2.39. The summed E-state index contributed by atoms with van der Waals surface area (Å²) in [5, 5.41) is 0. The summed E-state index contributed by atoms with van der Waals surface area (Å²) in [7, 11) is 1.80. The Kier molecular flexibility index (Phi) is 3.63. The molecule has 1 nitrogen and oxygen atoms in total. The van der Waals surface area contributed by atoms with Gasteiger partial charge in [0, 0.05) is 5.56 Å². The Morgan fingerprint density at radius 2 is 2.05 bits per heavy atom. The van der Waals surface area contributed by atoms with E-state index >= 15 is 0 Å². The fourth-order valence-electron chi connectivity index (χ4n) is 4.83. The molecule has 1 heteroatoms. The number of hydrogen-bond acceptors (Lipinski definition) is 1. The van der Waals surface area contributed by atoms with Crippen molar-refractivity contribution >= 4 is 0 Å². The van der Waals surface area contributed by atoms with Crippen LogP contribution in [-0.4, -0.2) is 7.11 Å². The molecule has 2 aliphatic carbocycles. The highest BCUT2D eigenvalue weighted by Crippen LogP contribution is 2.52. The quantitative estimate of drug-likeness (QED) is 0.663. The van der Waals surface area contributed by atoms with Gasteiger partial charge in [0.15, 0.2) is 0 Å². The Hall–Kier alpha value is -1.24. The zero-order valence-electron chi connectivity index (χ0n) is 14.1. The van der Waals surface area contributed by atoms with E-state index in [1.807, 2.05) is 0 Å². The maximum atomic E-state index is 5.65. The Bertz CT molecular complexity index is 582. The van der Waals surface area contributed by atoms with E-state index in [2.05, 4.69) is 45.9 Å². The van der Waals surface area contributed by atoms with Crippen molar-refractivity contribution in [2.75, 3.05) is 7.11 Å². The van der Waals surface area contributed by atoms with Gasteiger partial charge in [-0.1, -0.05) is 38.5 Å². The molecule has 21 heavy (non-hydrogen) atoms. The minimum atomic E-state index is 0.322. The summed E-state index contributed by atoms with van der Waals surface area (Å²) in [6, 6.07) is 4.56. The van der Waals surface area contributed by atoms with Crippen LogP contribution in [0.1, 0.15) is 69.6 Å². The first kappa shape index (κ1) is 14.7. The van der Waals surface area contributed by atoms with Crippen LogP contribution in [-0.2, 0) is 11.8 Å². The lowest BCUT2D eigenvalue weighted by molar-refractivity contribution is 0.260. The molecule has 0 heterocycles. The minimum absolute atomic E-state index is 0.322. The molecule has 0 aromatic heterocycles. The maximum absolute atomic E-state index is 5.65. The molecule has 2 aliphatic rings. The molecule has 0 spiro atoms. The summed E-state index contributed by atoms with van der Waals surface area (Å²) in [4.78, 5) is 0. The van der Waals surface area contributed by atoms with E-state index < -0.39 is 0 Å². The smallest absolute Gasteiger partial charge is 0.122 e. The highest BCUT2D eigenvalue weighted by Gasteiger charge is 2.43. The molecular formula is C20H28O. The van der Waals surface area contributed by atoms with E-state index in [-0.39, 0.29) is 0 Å². The van der Waals surface area contributed by atoms with Gasteiger partial charge in [0.1, 0.15) is 5.75 Å². The molecule has 0 aliphatic heterocycles. The second-order valence-electron chi connectivity index (χ2n) is 7.36. The first-order valence-electron chi connectivity index (χ1n) is 8.36. The SMILES string of the molecule is COc1ccc2c(c1C(C)C)CC[C@H]1C(C)=CCC[C@]21C. The number of allylic oxidation sites excluding steroid dienone is 2. The summed E-state index contributed by atoms with van der Waals surface area (Å²) in [6.07, 6.45) is 7.46. The molecule has 0 saturated heterocycles. The highest BCUT2D eigenvalue weighted by molar-refractivity contribution is 5.52. The van der Waals surface area contributed by atoms with Crippen molar-refractivity contribution in [1.82, 2.24) is 0 Å². The third-order valence-electron chi connectivity index (χ3n) is 5.86. The van der Waals surface area contributed by atoms with Crippen molar-refractivity contribution in [2.24, 2.45) is 5.92 Å². The van der Waals surface area contributed by atoms with Crippen LogP contribution in [0.4, 0.5) is 0 Å². The van der Waals surface area contributed by atoms with Crippen molar-refractivity contribution in [3.63, 3.8) is 0 Å². The van der Waals surface area contributed by atoms with E-state index in [1.54, 1.807) is 23.8 Å². The number of rotatable bonds is 2.